The van der Waals surface area contributed by atoms with Crippen LogP contribution in [0.25, 0.3) is 0 Å². The number of hydrogen-bond donors (Lipinski definition) is 1. The number of benzene rings is 1. The molecule has 3 heterocycles. The van der Waals surface area contributed by atoms with Crippen molar-refractivity contribution >= 4 is 23.4 Å². The number of aryl methyl sites for hydroxylation is 2. The summed E-state index contributed by atoms with van der Waals surface area (Å²) in [5, 5.41) is 10.6. The Morgan fingerprint density at radius 1 is 1.17 bits per heavy atom. The molecular formula is C33H47N3O5. The number of anilines is 1. The Labute approximate surface area is 245 Å². The van der Waals surface area contributed by atoms with Gasteiger partial charge < -0.3 is 24.5 Å². The molecule has 1 aromatic rings. The number of para-hydroxylation sites is 1. The van der Waals surface area contributed by atoms with Crippen LogP contribution in [0.3, 0.4) is 0 Å². The number of aliphatic hydroxyl groups is 1. The van der Waals surface area contributed by atoms with Crippen LogP contribution in [-0.4, -0.2) is 82.7 Å². The van der Waals surface area contributed by atoms with E-state index in [1.807, 2.05) is 52.8 Å². The number of rotatable bonds is 13. The molecule has 3 amide bonds. The zero-order chi connectivity index (χ0) is 30.1. The summed E-state index contributed by atoms with van der Waals surface area (Å²) in [7, 11) is 0. The summed E-state index contributed by atoms with van der Waals surface area (Å²) in [5.41, 5.74) is 1.53. The highest BCUT2D eigenvalue weighted by Gasteiger charge is 2.75. The number of hydrogen-bond acceptors (Lipinski definition) is 5. The Bertz CT molecular complexity index is 1160. The van der Waals surface area contributed by atoms with Crippen LogP contribution in [0.5, 0.6) is 0 Å². The van der Waals surface area contributed by atoms with Crippen LogP contribution in [0.2, 0.25) is 0 Å². The quantitative estimate of drug-likeness (QED) is 0.365. The highest BCUT2D eigenvalue weighted by Crippen LogP contribution is 2.59. The molecule has 3 fully saturated rings. The molecule has 2 bridgehead atoms. The maximum Gasteiger partial charge on any atom is 0.253 e. The minimum atomic E-state index is -1.14. The van der Waals surface area contributed by atoms with E-state index in [9.17, 15) is 19.5 Å². The van der Waals surface area contributed by atoms with E-state index >= 15 is 0 Å². The molecule has 3 saturated heterocycles. The topological polar surface area (TPSA) is 90.4 Å². The average molecular weight is 566 g/mol. The molecule has 2 unspecified atom stereocenters. The third-order valence-electron chi connectivity index (χ3n) is 9.54. The molecule has 0 aromatic heterocycles. The summed E-state index contributed by atoms with van der Waals surface area (Å²) in [6.45, 7) is 18.6. The zero-order valence-corrected chi connectivity index (χ0v) is 25.3. The molecule has 7 atom stereocenters. The predicted molar refractivity (Wildman–Crippen MR) is 160 cm³/mol. The molecule has 0 saturated carbocycles. The summed E-state index contributed by atoms with van der Waals surface area (Å²) in [6.07, 6.45) is 5.57. The standard InChI is InChI=1S/C33H47N3O5/c1-8-17-34(18-9-2)30(38)26-25-15-16-33(41-25)27(26)31(39)36(24(20-37)21(5)11-4)29(33)32(40)35(19-10-3)28-22(6)13-12-14-23(28)7/h8,10,12-14,21,24-27,29,37H,1,3,9,11,15-20H2,2,4-7H3/t21-,24-,25+,26-,27-,29?,33?/m0/s1. The number of nitrogens with zero attached hydrogens (tertiary/aromatic N) is 3. The lowest BCUT2D eigenvalue weighted by Crippen LogP contribution is -2.60. The summed E-state index contributed by atoms with van der Waals surface area (Å²) in [6, 6.07) is 4.34. The normalized spacial score (nSPS) is 27.9. The summed E-state index contributed by atoms with van der Waals surface area (Å²) >= 11 is 0. The molecule has 1 spiro atoms. The molecule has 8 nitrogen and oxygen atoms in total. The second-order valence-corrected chi connectivity index (χ2v) is 12.0. The van der Waals surface area contributed by atoms with Crippen LogP contribution in [0.15, 0.2) is 43.5 Å². The number of amides is 3. The van der Waals surface area contributed by atoms with Gasteiger partial charge in [0.1, 0.15) is 11.6 Å². The smallest absolute Gasteiger partial charge is 0.253 e. The first-order valence-corrected chi connectivity index (χ1v) is 15.1. The van der Waals surface area contributed by atoms with E-state index in [0.29, 0.717) is 25.9 Å². The van der Waals surface area contributed by atoms with Crippen LogP contribution in [0.1, 0.15) is 57.6 Å². The molecule has 4 rings (SSSR count). The SMILES string of the molecule is C=CCN(CCC)C(=O)[C@@H]1[C@H]2C(=O)N([C@@H](CO)[C@@H](C)CC)C(C(=O)N(CC=C)c3c(C)cccc3C)C23CC[C@H]1O3. The van der Waals surface area contributed by atoms with E-state index < -0.39 is 35.6 Å². The fourth-order valence-corrected chi connectivity index (χ4v) is 7.55. The highest BCUT2D eigenvalue weighted by atomic mass is 16.5. The maximum absolute atomic E-state index is 14.9. The van der Waals surface area contributed by atoms with Gasteiger partial charge in [0.05, 0.1) is 30.6 Å². The number of aliphatic hydroxyl groups excluding tert-OH is 1. The van der Waals surface area contributed by atoms with Crippen molar-refractivity contribution in [3.63, 3.8) is 0 Å². The van der Waals surface area contributed by atoms with Crippen molar-refractivity contribution in [1.82, 2.24) is 9.80 Å². The van der Waals surface area contributed by atoms with Gasteiger partial charge >= 0.3 is 0 Å². The number of carbonyl (C=O) groups excluding carboxylic acids is 3. The molecule has 1 aromatic carbocycles. The third-order valence-corrected chi connectivity index (χ3v) is 9.54. The van der Waals surface area contributed by atoms with Crippen LogP contribution in [0.4, 0.5) is 5.69 Å². The first-order chi connectivity index (χ1) is 19.6. The van der Waals surface area contributed by atoms with Gasteiger partial charge in [-0.05, 0) is 50.2 Å². The molecule has 0 aliphatic carbocycles. The molecule has 0 radical (unpaired) electrons. The number of carbonyl (C=O) groups is 3. The minimum Gasteiger partial charge on any atom is -0.394 e. The van der Waals surface area contributed by atoms with Crippen molar-refractivity contribution in [2.75, 3.05) is 31.1 Å². The first-order valence-electron chi connectivity index (χ1n) is 15.1. The molecule has 3 aliphatic heterocycles. The molecule has 8 heteroatoms. The van der Waals surface area contributed by atoms with Crippen molar-refractivity contribution in [3.05, 3.63) is 54.6 Å². The van der Waals surface area contributed by atoms with Crippen LogP contribution < -0.4 is 4.90 Å². The Balaban J connectivity index is 1.86. The van der Waals surface area contributed by atoms with Crippen molar-refractivity contribution in [2.45, 2.75) is 84.1 Å². The van der Waals surface area contributed by atoms with Crippen molar-refractivity contribution in [2.24, 2.45) is 17.8 Å². The fraction of sp³-hybridized carbons (Fsp3) is 0.606. The molecule has 3 aliphatic rings. The van der Waals surface area contributed by atoms with E-state index in [-0.39, 0.29) is 36.8 Å². The van der Waals surface area contributed by atoms with E-state index in [1.54, 1.807) is 26.9 Å². The summed E-state index contributed by atoms with van der Waals surface area (Å²) < 4.78 is 6.70. The number of likely N-dealkylation sites (tertiary alicyclic amines) is 1. The van der Waals surface area contributed by atoms with Gasteiger partial charge in [-0.3, -0.25) is 14.4 Å². The van der Waals surface area contributed by atoms with Gasteiger partial charge in [-0.1, -0.05) is 57.5 Å². The summed E-state index contributed by atoms with van der Waals surface area (Å²) in [4.78, 5) is 48.5. The Hall–Kier alpha value is -2.97. The maximum atomic E-state index is 14.9. The Morgan fingerprint density at radius 2 is 1.83 bits per heavy atom. The van der Waals surface area contributed by atoms with Crippen LogP contribution in [-0.2, 0) is 19.1 Å². The van der Waals surface area contributed by atoms with Gasteiger partial charge in [0.25, 0.3) is 5.91 Å². The monoisotopic (exact) mass is 565 g/mol. The van der Waals surface area contributed by atoms with Crippen molar-refractivity contribution in [1.29, 1.82) is 0 Å². The van der Waals surface area contributed by atoms with Crippen molar-refractivity contribution in [3.8, 4) is 0 Å². The largest absolute Gasteiger partial charge is 0.394 e. The third kappa shape index (κ3) is 5.03. The average Bonchev–Trinajstić information content (AvgIpc) is 3.59. The first kappa shape index (κ1) is 31.0. The lowest BCUT2D eigenvalue weighted by Gasteiger charge is -2.41. The summed E-state index contributed by atoms with van der Waals surface area (Å²) in [5.74, 6) is -2.16. The lowest BCUT2D eigenvalue weighted by atomic mass is 9.70. The lowest BCUT2D eigenvalue weighted by molar-refractivity contribution is -0.148. The van der Waals surface area contributed by atoms with E-state index in [1.165, 1.54) is 0 Å². The minimum absolute atomic E-state index is 0.0637. The van der Waals surface area contributed by atoms with Crippen LogP contribution in [0, 0.1) is 31.6 Å². The van der Waals surface area contributed by atoms with Gasteiger partial charge in [0.2, 0.25) is 11.8 Å². The van der Waals surface area contributed by atoms with E-state index in [4.69, 9.17) is 4.74 Å². The molecule has 1 N–H and O–H groups in total. The van der Waals surface area contributed by atoms with Gasteiger partial charge in [-0.15, -0.1) is 13.2 Å². The number of fused-ring (bicyclic) bond motifs is 1. The Morgan fingerprint density at radius 3 is 2.39 bits per heavy atom. The Kier molecular flexibility index (Phi) is 9.44. The van der Waals surface area contributed by atoms with Gasteiger partial charge in [-0.25, -0.2) is 0 Å². The number of ether oxygens (including phenoxy) is 1. The van der Waals surface area contributed by atoms with E-state index in [0.717, 1.165) is 29.7 Å². The fourth-order valence-electron chi connectivity index (χ4n) is 7.55. The molecular weight excluding hydrogens is 518 g/mol. The molecule has 224 valence electrons. The zero-order valence-electron chi connectivity index (χ0n) is 25.3. The highest BCUT2D eigenvalue weighted by molar-refractivity contribution is 6.05. The van der Waals surface area contributed by atoms with Crippen molar-refractivity contribution < 1.29 is 24.2 Å². The second-order valence-electron chi connectivity index (χ2n) is 12.0. The molecule has 41 heavy (non-hydrogen) atoms. The second kappa shape index (κ2) is 12.5. The predicted octanol–water partition coefficient (Wildman–Crippen LogP) is 4.03. The van der Waals surface area contributed by atoms with Gasteiger partial charge in [-0.2, -0.15) is 0 Å². The van der Waals surface area contributed by atoms with Gasteiger partial charge in [0.15, 0.2) is 0 Å². The van der Waals surface area contributed by atoms with Crippen LogP contribution >= 0.6 is 0 Å². The van der Waals surface area contributed by atoms with Gasteiger partial charge in [0, 0.05) is 25.3 Å². The van der Waals surface area contributed by atoms with E-state index in [2.05, 4.69) is 13.2 Å².